The van der Waals surface area contributed by atoms with Crippen molar-refractivity contribution in [3.63, 3.8) is 0 Å². The zero-order valence-electron chi connectivity index (χ0n) is 24.6. The van der Waals surface area contributed by atoms with Crippen LogP contribution in [0.3, 0.4) is 0 Å². The molecule has 34 heavy (non-hydrogen) atoms. The SMILES string of the molecule is CCCCCCCCCCCCCCP(Br)(CCCCCC)(CCCCCC)CCCCCC. The Morgan fingerprint density at radius 2 is 0.471 bits per heavy atom. The van der Waals surface area contributed by atoms with Gasteiger partial charge in [-0.15, -0.1) is 0 Å². The molecule has 0 bridgehead atoms. The van der Waals surface area contributed by atoms with Gasteiger partial charge in [0.1, 0.15) is 0 Å². The molecule has 0 aliphatic carbocycles. The van der Waals surface area contributed by atoms with Crippen molar-refractivity contribution in [3.8, 4) is 0 Å². The molecule has 0 aromatic rings. The van der Waals surface area contributed by atoms with Crippen LogP contribution >= 0.6 is 20.8 Å². The average Bonchev–Trinajstić information content (AvgIpc) is 2.84. The summed E-state index contributed by atoms with van der Waals surface area (Å²) in [5.41, 5.74) is 0. The number of hydrogen-bond acceptors (Lipinski definition) is 0. The molecule has 0 spiro atoms. The molecule has 0 unspecified atom stereocenters. The zero-order valence-corrected chi connectivity index (χ0v) is 27.1. The van der Waals surface area contributed by atoms with E-state index in [2.05, 4.69) is 27.7 Å². The summed E-state index contributed by atoms with van der Waals surface area (Å²) in [5.74, 6) is 0. The van der Waals surface area contributed by atoms with Crippen molar-refractivity contribution in [1.29, 1.82) is 0 Å². The van der Waals surface area contributed by atoms with E-state index in [1.165, 1.54) is 154 Å². The average molecular weight is 564 g/mol. The zero-order chi connectivity index (χ0) is 25.2. The van der Waals surface area contributed by atoms with E-state index in [4.69, 9.17) is 15.5 Å². The standard InChI is InChI=1S/C32H68BrP/c1-5-9-13-17-18-19-20-21-22-23-24-28-32-34(33,29-25-14-10-6-2,30-26-15-11-7-3)31-27-16-12-8-4/h5-32H2,1-4H3. The van der Waals surface area contributed by atoms with E-state index < -0.39 is 5.31 Å². The van der Waals surface area contributed by atoms with E-state index in [0.29, 0.717) is 0 Å². The van der Waals surface area contributed by atoms with Gasteiger partial charge in [-0.25, -0.2) is 0 Å². The predicted octanol–water partition coefficient (Wildman–Crippen LogP) is 13.3. The van der Waals surface area contributed by atoms with Gasteiger partial charge in [0.05, 0.1) is 0 Å². The fourth-order valence-electron chi connectivity index (χ4n) is 5.82. The molecule has 0 aromatic carbocycles. The summed E-state index contributed by atoms with van der Waals surface area (Å²) in [5, 5.41) is -1.72. The van der Waals surface area contributed by atoms with Gasteiger partial charge in [-0.3, -0.25) is 0 Å². The first-order valence-corrected chi connectivity index (χ1v) is 21.3. The van der Waals surface area contributed by atoms with Gasteiger partial charge in [0.2, 0.25) is 0 Å². The van der Waals surface area contributed by atoms with E-state index in [1.54, 1.807) is 24.6 Å². The quantitative estimate of drug-likeness (QED) is 0.0656. The van der Waals surface area contributed by atoms with Gasteiger partial charge >= 0.3 is 214 Å². The number of halogens is 1. The first-order valence-electron chi connectivity index (χ1n) is 16.3. The van der Waals surface area contributed by atoms with Crippen LogP contribution in [0.15, 0.2) is 0 Å². The number of hydrogen-bond donors (Lipinski definition) is 0. The Hall–Kier alpha value is 0.910. The summed E-state index contributed by atoms with van der Waals surface area (Å²) in [4.78, 5) is 0. The fourth-order valence-corrected chi connectivity index (χ4v) is 14.2. The minimum absolute atomic E-state index is 1.37. The second kappa shape index (κ2) is 24.3. The summed E-state index contributed by atoms with van der Waals surface area (Å²) in [7, 11) is 0. The van der Waals surface area contributed by atoms with E-state index >= 15 is 0 Å². The molecule has 0 amide bonds. The minimum atomic E-state index is -1.72. The van der Waals surface area contributed by atoms with Gasteiger partial charge in [0.15, 0.2) is 0 Å². The fraction of sp³-hybridized carbons (Fsp3) is 1.00. The van der Waals surface area contributed by atoms with Gasteiger partial charge in [-0.2, -0.15) is 0 Å². The van der Waals surface area contributed by atoms with Crippen LogP contribution in [0.25, 0.3) is 0 Å². The van der Waals surface area contributed by atoms with Crippen LogP contribution in [0, 0.1) is 0 Å². The summed E-state index contributed by atoms with van der Waals surface area (Å²) in [6.45, 7) is 9.39. The van der Waals surface area contributed by atoms with Crippen molar-refractivity contribution in [1.82, 2.24) is 0 Å². The molecular weight excluding hydrogens is 495 g/mol. The molecule has 0 fully saturated rings. The van der Waals surface area contributed by atoms with Crippen molar-refractivity contribution in [2.45, 2.75) is 182 Å². The van der Waals surface area contributed by atoms with Gasteiger partial charge < -0.3 is 0 Å². The Kier molecular flexibility index (Phi) is 24.9. The van der Waals surface area contributed by atoms with Crippen LogP contribution in [0.5, 0.6) is 0 Å². The maximum absolute atomic E-state index is 4.71. The molecule has 0 aliphatic heterocycles. The van der Waals surface area contributed by atoms with Crippen molar-refractivity contribution in [2.24, 2.45) is 0 Å². The van der Waals surface area contributed by atoms with Gasteiger partial charge in [-0.05, 0) is 0 Å². The first kappa shape index (κ1) is 34.9. The molecule has 0 saturated carbocycles. The predicted molar refractivity (Wildman–Crippen MR) is 169 cm³/mol. The Labute approximate surface area is 226 Å². The summed E-state index contributed by atoms with van der Waals surface area (Å²) in [6, 6.07) is 0. The molecule has 0 saturated heterocycles. The molecule has 0 atom stereocenters. The first-order chi connectivity index (χ1) is 16.5. The molecule has 0 aliphatic rings. The molecule has 2 heteroatoms. The van der Waals surface area contributed by atoms with E-state index in [1.807, 2.05) is 0 Å². The van der Waals surface area contributed by atoms with Crippen LogP contribution in [-0.2, 0) is 0 Å². The van der Waals surface area contributed by atoms with Crippen LogP contribution in [0.4, 0.5) is 0 Å². The number of unbranched alkanes of at least 4 members (excludes halogenated alkanes) is 20. The molecule has 0 rings (SSSR count). The maximum atomic E-state index is 4.71. The van der Waals surface area contributed by atoms with Crippen LogP contribution < -0.4 is 0 Å². The van der Waals surface area contributed by atoms with E-state index in [-0.39, 0.29) is 0 Å². The Morgan fingerprint density at radius 3 is 0.706 bits per heavy atom. The summed E-state index contributed by atoms with van der Waals surface area (Å²) < 4.78 is 0. The Balaban J connectivity index is 4.57. The molecular formula is C32H68BrP. The molecule has 0 N–H and O–H groups in total. The third-order valence-electron chi connectivity index (χ3n) is 8.28. The van der Waals surface area contributed by atoms with E-state index in [0.717, 1.165) is 0 Å². The summed E-state index contributed by atoms with van der Waals surface area (Å²) in [6.07, 6.45) is 41.0. The molecule has 0 aromatic heterocycles. The van der Waals surface area contributed by atoms with Crippen LogP contribution in [0.1, 0.15) is 182 Å². The van der Waals surface area contributed by atoms with Crippen molar-refractivity contribution in [3.05, 3.63) is 0 Å². The molecule has 208 valence electrons. The van der Waals surface area contributed by atoms with Crippen LogP contribution in [-0.4, -0.2) is 24.6 Å². The van der Waals surface area contributed by atoms with Gasteiger partial charge in [0.25, 0.3) is 0 Å². The monoisotopic (exact) mass is 562 g/mol. The van der Waals surface area contributed by atoms with Crippen molar-refractivity contribution >= 4 is 20.8 Å². The Morgan fingerprint density at radius 1 is 0.294 bits per heavy atom. The normalized spacial score (nSPS) is 13.3. The second-order valence-electron chi connectivity index (χ2n) is 11.8. The van der Waals surface area contributed by atoms with Crippen molar-refractivity contribution < 1.29 is 0 Å². The summed E-state index contributed by atoms with van der Waals surface area (Å²) >= 11 is 4.71. The molecule has 0 nitrogen and oxygen atoms in total. The van der Waals surface area contributed by atoms with E-state index in [9.17, 15) is 0 Å². The van der Waals surface area contributed by atoms with Gasteiger partial charge in [-0.1, -0.05) is 13.3 Å². The molecule has 0 heterocycles. The second-order valence-corrected chi connectivity index (χ2v) is 23.2. The topological polar surface area (TPSA) is 0 Å². The Bertz CT molecular complexity index is 374. The number of rotatable bonds is 28. The molecule has 0 radical (unpaired) electrons. The third-order valence-corrected chi connectivity index (χ3v) is 18.3. The van der Waals surface area contributed by atoms with Crippen LogP contribution in [0.2, 0.25) is 0 Å². The third kappa shape index (κ3) is 20.0. The van der Waals surface area contributed by atoms with Crippen molar-refractivity contribution in [2.75, 3.05) is 24.6 Å². The van der Waals surface area contributed by atoms with Gasteiger partial charge in [0, 0.05) is 0 Å².